The van der Waals surface area contributed by atoms with Gasteiger partial charge in [-0.25, -0.2) is 0 Å². The van der Waals surface area contributed by atoms with Gasteiger partial charge in [-0.3, -0.25) is 4.79 Å². The van der Waals surface area contributed by atoms with E-state index in [2.05, 4.69) is 0 Å². The Morgan fingerprint density at radius 3 is 2.71 bits per heavy atom. The molecule has 0 atom stereocenters. The minimum Gasteiger partial charge on any atom is -0.497 e. The van der Waals surface area contributed by atoms with Gasteiger partial charge in [0.05, 0.1) is 7.11 Å². The van der Waals surface area contributed by atoms with Gasteiger partial charge in [-0.15, -0.1) is 0 Å². The molecule has 1 rings (SSSR count). The number of methoxy groups -OCH3 is 1. The minimum absolute atomic E-state index is 0.425. The zero-order chi connectivity index (χ0) is 10.4. The Kier molecular flexibility index (Phi) is 3.85. The summed E-state index contributed by atoms with van der Waals surface area (Å²) < 4.78 is 5.03. The van der Waals surface area contributed by atoms with E-state index in [0.717, 1.165) is 18.1 Å². The van der Waals surface area contributed by atoms with Crippen molar-refractivity contribution in [2.24, 2.45) is 0 Å². The average Bonchev–Trinajstić information content (AvgIpc) is 2.25. The molecule has 1 aromatic carbocycles. The topological polar surface area (TPSA) is 43.4 Å². The summed E-state index contributed by atoms with van der Waals surface area (Å²) in [6.07, 6.45) is 2.64. The molecular formula is C11H12O3. The van der Waals surface area contributed by atoms with Crippen molar-refractivity contribution in [3.63, 3.8) is 0 Å². The number of ether oxygens (including phenoxy) is 1. The molecule has 0 fully saturated rings. The molecule has 0 saturated heterocycles. The molecule has 0 aliphatic carbocycles. The largest absolute Gasteiger partial charge is 0.497 e. The minimum atomic E-state index is 0.425. The lowest BCUT2D eigenvalue weighted by atomic mass is 10.0. The number of rotatable bonds is 5. The highest BCUT2D eigenvalue weighted by Gasteiger charge is 2.02. The first-order valence-electron chi connectivity index (χ1n) is 4.37. The lowest BCUT2D eigenvalue weighted by Gasteiger charge is -2.05. The Labute approximate surface area is 82.7 Å². The first-order valence-corrected chi connectivity index (χ1v) is 4.37. The van der Waals surface area contributed by atoms with Crippen molar-refractivity contribution in [3.05, 3.63) is 29.3 Å². The highest BCUT2D eigenvalue weighted by molar-refractivity contribution is 5.77. The van der Waals surface area contributed by atoms with Crippen molar-refractivity contribution in [1.82, 2.24) is 0 Å². The smallest absolute Gasteiger partial charge is 0.150 e. The van der Waals surface area contributed by atoms with Gasteiger partial charge in [0.1, 0.15) is 18.3 Å². The van der Waals surface area contributed by atoms with Gasteiger partial charge in [0.2, 0.25) is 0 Å². The zero-order valence-electron chi connectivity index (χ0n) is 8.03. The van der Waals surface area contributed by atoms with Crippen LogP contribution in [-0.4, -0.2) is 19.7 Å². The van der Waals surface area contributed by atoms with E-state index < -0.39 is 0 Å². The maximum Gasteiger partial charge on any atom is 0.150 e. The molecule has 0 saturated carbocycles. The van der Waals surface area contributed by atoms with E-state index in [0.29, 0.717) is 24.2 Å². The zero-order valence-corrected chi connectivity index (χ0v) is 8.03. The standard InChI is InChI=1S/C11H12O3/c1-14-11-5-4-10(8-13)9(7-11)3-2-6-12/h4-8H,2-3H2,1H3. The molecular weight excluding hydrogens is 180 g/mol. The van der Waals surface area contributed by atoms with E-state index in [1.165, 1.54) is 0 Å². The fraction of sp³-hybridized carbons (Fsp3) is 0.273. The summed E-state index contributed by atoms with van der Waals surface area (Å²) in [4.78, 5) is 20.9. The predicted molar refractivity (Wildman–Crippen MR) is 52.8 cm³/mol. The van der Waals surface area contributed by atoms with Gasteiger partial charge in [-0.1, -0.05) is 0 Å². The van der Waals surface area contributed by atoms with E-state index >= 15 is 0 Å². The molecule has 0 amide bonds. The predicted octanol–water partition coefficient (Wildman–Crippen LogP) is 1.64. The van der Waals surface area contributed by atoms with Crippen molar-refractivity contribution < 1.29 is 14.3 Å². The molecule has 74 valence electrons. The van der Waals surface area contributed by atoms with Crippen molar-refractivity contribution in [1.29, 1.82) is 0 Å². The van der Waals surface area contributed by atoms with Gasteiger partial charge in [0.25, 0.3) is 0 Å². The molecule has 0 heterocycles. The second kappa shape index (κ2) is 5.17. The van der Waals surface area contributed by atoms with Crippen molar-refractivity contribution in [3.8, 4) is 5.75 Å². The van der Waals surface area contributed by atoms with E-state index in [9.17, 15) is 9.59 Å². The van der Waals surface area contributed by atoms with Crippen LogP contribution >= 0.6 is 0 Å². The summed E-state index contributed by atoms with van der Waals surface area (Å²) >= 11 is 0. The van der Waals surface area contributed by atoms with Crippen LogP contribution in [0.1, 0.15) is 22.3 Å². The third kappa shape index (κ3) is 2.42. The number of aldehydes is 2. The molecule has 0 N–H and O–H groups in total. The van der Waals surface area contributed by atoms with Gasteiger partial charge in [0.15, 0.2) is 0 Å². The number of hydrogen-bond donors (Lipinski definition) is 0. The normalized spacial score (nSPS) is 9.50. The molecule has 0 spiro atoms. The first kappa shape index (κ1) is 10.4. The van der Waals surface area contributed by atoms with E-state index in [4.69, 9.17) is 4.74 Å². The number of benzene rings is 1. The van der Waals surface area contributed by atoms with Crippen LogP contribution in [0.25, 0.3) is 0 Å². The van der Waals surface area contributed by atoms with Crippen LogP contribution in [0.5, 0.6) is 5.75 Å². The summed E-state index contributed by atoms with van der Waals surface area (Å²) in [7, 11) is 1.57. The molecule has 14 heavy (non-hydrogen) atoms. The summed E-state index contributed by atoms with van der Waals surface area (Å²) in [6.45, 7) is 0. The van der Waals surface area contributed by atoms with Crippen LogP contribution in [0.15, 0.2) is 18.2 Å². The number of carbonyl (C=O) groups excluding carboxylic acids is 2. The second-order valence-electron chi connectivity index (χ2n) is 2.89. The third-order valence-corrected chi connectivity index (χ3v) is 2.01. The van der Waals surface area contributed by atoms with Crippen molar-refractivity contribution >= 4 is 12.6 Å². The number of hydrogen-bond acceptors (Lipinski definition) is 3. The molecule has 0 radical (unpaired) electrons. The van der Waals surface area contributed by atoms with Gasteiger partial charge in [-0.2, -0.15) is 0 Å². The van der Waals surface area contributed by atoms with Crippen LogP contribution in [0.2, 0.25) is 0 Å². The summed E-state index contributed by atoms with van der Waals surface area (Å²) in [5.41, 5.74) is 1.47. The average molecular weight is 192 g/mol. The lowest BCUT2D eigenvalue weighted by molar-refractivity contribution is -0.107. The fourth-order valence-electron chi connectivity index (χ4n) is 1.25. The van der Waals surface area contributed by atoms with Gasteiger partial charge in [-0.05, 0) is 30.2 Å². The fourth-order valence-corrected chi connectivity index (χ4v) is 1.25. The summed E-state index contributed by atoms with van der Waals surface area (Å²) in [6, 6.07) is 5.22. The quantitative estimate of drug-likeness (QED) is 0.666. The molecule has 3 heteroatoms. The first-order chi connectivity index (χ1) is 6.81. The molecule has 3 nitrogen and oxygen atoms in total. The number of carbonyl (C=O) groups is 2. The van der Waals surface area contributed by atoms with Crippen molar-refractivity contribution in [2.75, 3.05) is 7.11 Å². The van der Waals surface area contributed by atoms with Crippen molar-refractivity contribution in [2.45, 2.75) is 12.8 Å². The van der Waals surface area contributed by atoms with Crippen LogP contribution in [0, 0.1) is 0 Å². The SMILES string of the molecule is COc1ccc(C=O)c(CCC=O)c1. The lowest BCUT2D eigenvalue weighted by Crippen LogP contribution is -1.95. The maximum absolute atomic E-state index is 10.7. The molecule has 0 bridgehead atoms. The summed E-state index contributed by atoms with van der Waals surface area (Å²) in [5, 5.41) is 0. The molecule has 1 aromatic rings. The maximum atomic E-state index is 10.7. The van der Waals surface area contributed by atoms with Crippen LogP contribution < -0.4 is 4.74 Å². The highest BCUT2D eigenvalue weighted by atomic mass is 16.5. The van der Waals surface area contributed by atoms with E-state index in [-0.39, 0.29) is 0 Å². The van der Waals surface area contributed by atoms with Crippen LogP contribution in [-0.2, 0) is 11.2 Å². The molecule has 0 aliphatic heterocycles. The molecule has 0 unspecified atom stereocenters. The Bertz CT molecular complexity index is 331. The van der Waals surface area contributed by atoms with Crippen LogP contribution in [0.4, 0.5) is 0 Å². The summed E-state index contributed by atoms with van der Waals surface area (Å²) in [5.74, 6) is 0.705. The molecule has 0 aromatic heterocycles. The van der Waals surface area contributed by atoms with Gasteiger partial charge in [0, 0.05) is 12.0 Å². The number of aryl methyl sites for hydroxylation is 1. The highest BCUT2D eigenvalue weighted by Crippen LogP contribution is 2.17. The Balaban J connectivity index is 2.95. The van der Waals surface area contributed by atoms with Gasteiger partial charge >= 0.3 is 0 Å². The Hall–Kier alpha value is -1.64. The monoisotopic (exact) mass is 192 g/mol. The van der Waals surface area contributed by atoms with E-state index in [1.54, 1.807) is 25.3 Å². The van der Waals surface area contributed by atoms with Gasteiger partial charge < -0.3 is 9.53 Å². The Morgan fingerprint density at radius 1 is 1.36 bits per heavy atom. The molecule has 0 aliphatic rings. The second-order valence-corrected chi connectivity index (χ2v) is 2.89. The third-order valence-electron chi connectivity index (χ3n) is 2.01. The Morgan fingerprint density at radius 2 is 2.14 bits per heavy atom. The van der Waals surface area contributed by atoms with Crippen LogP contribution in [0.3, 0.4) is 0 Å². The van der Waals surface area contributed by atoms with E-state index in [1.807, 2.05) is 0 Å².